The SMILES string of the molecule is CCCN(CC1CC1)C(=S)Nc1ccc(CC)cc1. The third-order valence-electron chi connectivity index (χ3n) is 3.57. The third-order valence-corrected chi connectivity index (χ3v) is 3.93. The van der Waals surface area contributed by atoms with Crippen molar-refractivity contribution >= 4 is 23.0 Å². The number of hydrogen-bond acceptors (Lipinski definition) is 1. The zero-order valence-corrected chi connectivity index (χ0v) is 12.8. The van der Waals surface area contributed by atoms with Gasteiger partial charge in [0.15, 0.2) is 5.11 Å². The lowest BCUT2D eigenvalue weighted by Gasteiger charge is -2.25. The van der Waals surface area contributed by atoms with E-state index in [-0.39, 0.29) is 0 Å². The van der Waals surface area contributed by atoms with E-state index in [1.165, 1.54) is 18.4 Å². The molecule has 0 bridgehead atoms. The Balaban J connectivity index is 1.92. The summed E-state index contributed by atoms with van der Waals surface area (Å²) in [6.07, 6.45) is 4.96. The Bertz CT molecular complexity index is 409. The van der Waals surface area contributed by atoms with Crippen LogP contribution in [0, 0.1) is 5.92 Å². The second-order valence-electron chi connectivity index (χ2n) is 5.37. The minimum Gasteiger partial charge on any atom is -0.349 e. The lowest BCUT2D eigenvalue weighted by molar-refractivity contribution is 0.404. The molecule has 2 nitrogen and oxygen atoms in total. The van der Waals surface area contributed by atoms with Crippen molar-refractivity contribution in [3.8, 4) is 0 Å². The first-order chi connectivity index (χ1) is 9.22. The van der Waals surface area contributed by atoms with Crippen molar-refractivity contribution in [3.63, 3.8) is 0 Å². The Morgan fingerprint density at radius 3 is 2.47 bits per heavy atom. The number of aryl methyl sites for hydroxylation is 1. The van der Waals surface area contributed by atoms with Gasteiger partial charge in [0.05, 0.1) is 0 Å². The van der Waals surface area contributed by atoms with Crippen LogP contribution in [0.25, 0.3) is 0 Å². The summed E-state index contributed by atoms with van der Waals surface area (Å²) in [6.45, 7) is 6.55. The molecule has 19 heavy (non-hydrogen) atoms. The van der Waals surface area contributed by atoms with E-state index in [4.69, 9.17) is 12.2 Å². The van der Waals surface area contributed by atoms with Crippen molar-refractivity contribution in [1.29, 1.82) is 0 Å². The largest absolute Gasteiger partial charge is 0.349 e. The highest BCUT2D eigenvalue weighted by Gasteiger charge is 2.25. The van der Waals surface area contributed by atoms with Gasteiger partial charge in [0, 0.05) is 18.8 Å². The van der Waals surface area contributed by atoms with Gasteiger partial charge in [-0.25, -0.2) is 0 Å². The molecule has 1 aliphatic rings. The van der Waals surface area contributed by atoms with Crippen molar-refractivity contribution in [2.24, 2.45) is 5.92 Å². The average molecular weight is 276 g/mol. The molecule has 0 radical (unpaired) electrons. The molecule has 0 aromatic heterocycles. The van der Waals surface area contributed by atoms with Gasteiger partial charge in [-0.2, -0.15) is 0 Å². The van der Waals surface area contributed by atoms with Gasteiger partial charge in [0.25, 0.3) is 0 Å². The molecule has 1 aromatic carbocycles. The molecule has 2 rings (SSSR count). The second-order valence-corrected chi connectivity index (χ2v) is 5.76. The number of nitrogens with one attached hydrogen (secondary N) is 1. The van der Waals surface area contributed by atoms with Crippen LogP contribution in [0.2, 0.25) is 0 Å². The molecule has 0 amide bonds. The molecular weight excluding hydrogens is 252 g/mol. The van der Waals surface area contributed by atoms with Crippen molar-refractivity contribution < 1.29 is 0 Å². The van der Waals surface area contributed by atoms with Crippen molar-refractivity contribution in [1.82, 2.24) is 4.90 Å². The molecule has 104 valence electrons. The predicted octanol–water partition coefficient (Wildman–Crippen LogP) is 4.07. The molecule has 0 spiro atoms. The second kappa shape index (κ2) is 6.90. The van der Waals surface area contributed by atoms with Crippen LogP contribution in [0.5, 0.6) is 0 Å². The third kappa shape index (κ3) is 4.50. The smallest absolute Gasteiger partial charge is 0.173 e. The Kier molecular flexibility index (Phi) is 5.20. The van der Waals surface area contributed by atoms with Crippen LogP contribution in [0.3, 0.4) is 0 Å². The molecule has 0 saturated heterocycles. The number of hydrogen-bond donors (Lipinski definition) is 1. The fraction of sp³-hybridized carbons (Fsp3) is 0.562. The van der Waals surface area contributed by atoms with E-state index >= 15 is 0 Å². The van der Waals surface area contributed by atoms with E-state index in [2.05, 4.69) is 48.3 Å². The summed E-state index contributed by atoms with van der Waals surface area (Å²) >= 11 is 5.55. The maximum absolute atomic E-state index is 5.55. The lowest BCUT2D eigenvalue weighted by atomic mass is 10.1. The van der Waals surface area contributed by atoms with Gasteiger partial charge < -0.3 is 10.2 Å². The normalized spacial score (nSPS) is 14.2. The number of thiocarbonyl (C=S) groups is 1. The average Bonchev–Trinajstić information content (AvgIpc) is 3.23. The maximum Gasteiger partial charge on any atom is 0.173 e. The number of rotatable bonds is 6. The van der Waals surface area contributed by atoms with Gasteiger partial charge in [0.2, 0.25) is 0 Å². The first-order valence-corrected chi connectivity index (χ1v) is 7.78. The fourth-order valence-corrected chi connectivity index (χ4v) is 2.47. The Morgan fingerprint density at radius 1 is 1.26 bits per heavy atom. The topological polar surface area (TPSA) is 15.3 Å². The van der Waals surface area contributed by atoms with Crippen LogP contribution < -0.4 is 5.32 Å². The van der Waals surface area contributed by atoms with E-state index in [1.807, 2.05) is 0 Å². The Morgan fingerprint density at radius 2 is 1.95 bits per heavy atom. The molecule has 0 aliphatic heterocycles. The molecule has 1 aromatic rings. The summed E-state index contributed by atoms with van der Waals surface area (Å²) < 4.78 is 0. The monoisotopic (exact) mass is 276 g/mol. The van der Waals surface area contributed by atoms with Crippen molar-refractivity contribution in [3.05, 3.63) is 29.8 Å². The zero-order valence-electron chi connectivity index (χ0n) is 12.0. The van der Waals surface area contributed by atoms with Gasteiger partial charge in [-0.15, -0.1) is 0 Å². The number of nitrogens with zero attached hydrogens (tertiary/aromatic N) is 1. The van der Waals surface area contributed by atoms with Crippen molar-refractivity contribution in [2.75, 3.05) is 18.4 Å². The minimum absolute atomic E-state index is 0.869. The molecule has 1 N–H and O–H groups in total. The summed E-state index contributed by atoms with van der Waals surface area (Å²) in [6, 6.07) is 8.56. The molecule has 1 aliphatic carbocycles. The molecule has 0 heterocycles. The van der Waals surface area contributed by atoms with E-state index in [0.29, 0.717) is 0 Å². The molecule has 0 atom stereocenters. The van der Waals surface area contributed by atoms with Crippen LogP contribution in [-0.2, 0) is 6.42 Å². The van der Waals surface area contributed by atoms with Gasteiger partial charge >= 0.3 is 0 Å². The quantitative estimate of drug-likeness (QED) is 0.789. The molecular formula is C16H24N2S. The summed E-state index contributed by atoms with van der Waals surface area (Å²) in [7, 11) is 0. The van der Waals surface area contributed by atoms with Crippen LogP contribution in [0.1, 0.15) is 38.7 Å². The van der Waals surface area contributed by atoms with Gasteiger partial charge in [0.1, 0.15) is 0 Å². The highest BCUT2D eigenvalue weighted by atomic mass is 32.1. The van der Waals surface area contributed by atoms with E-state index in [9.17, 15) is 0 Å². The van der Waals surface area contributed by atoms with Crippen LogP contribution in [0.15, 0.2) is 24.3 Å². The summed E-state index contributed by atoms with van der Waals surface area (Å²) in [5.41, 5.74) is 2.46. The van der Waals surface area contributed by atoms with Crippen LogP contribution >= 0.6 is 12.2 Å². The van der Waals surface area contributed by atoms with Gasteiger partial charge in [-0.1, -0.05) is 26.0 Å². The first-order valence-electron chi connectivity index (χ1n) is 7.37. The van der Waals surface area contributed by atoms with Gasteiger partial charge in [-0.05, 0) is 61.5 Å². The Hall–Kier alpha value is -1.09. The first kappa shape index (κ1) is 14.3. The summed E-state index contributed by atoms with van der Waals surface area (Å²) in [5.74, 6) is 0.869. The standard InChI is InChI=1S/C16H24N2S/c1-3-11-18(12-14-5-6-14)16(19)17-15-9-7-13(4-2)8-10-15/h7-10,14H,3-6,11-12H2,1-2H3,(H,17,19). The van der Waals surface area contributed by atoms with E-state index < -0.39 is 0 Å². The summed E-state index contributed by atoms with van der Waals surface area (Å²) in [4.78, 5) is 2.32. The van der Waals surface area contributed by atoms with Crippen molar-refractivity contribution in [2.45, 2.75) is 39.5 Å². The molecule has 0 unspecified atom stereocenters. The fourth-order valence-electron chi connectivity index (χ4n) is 2.18. The number of benzene rings is 1. The highest BCUT2D eigenvalue weighted by Crippen LogP contribution is 2.30. The molecule has 1 saturated carbocycles. The number of anilines is 1. The lowest BCUT2D eigenvalue weighted by Crippen LogP contribution is -2.36. The van der Waals surface area contributed by atoms with E-state index in [1.54, 1.807) is 0 Å². The highest BCUT2D eigenvalue weighted by molar-refractivity contribution is 7.80. The summed E-state index contributed by atoms with van der Waals surface area (Å²) in [5, 5.41) is 4.24. The van der Waals surface area contributed by atoms with Gasteiger partial charge in [-0.3, -0.25) is 0 Å². The maximum atomic E-state index is 5.55. The Labute approximate surface area is 122 Å². The van der Waals surface area contributed by atoms with E-state index in [0.717, 1.165) is 42.6 Å². The zero-order chi connectivity index (χ0) is 13.7. The van der Waals surface area contributed by atoms with Crippen LogP contribution in [0.4, 0.5) is 5.69 Å². The minimum atomic E-state index is 0.869. The van der Waals surface area contributed by atoms with Crippen LogP contribution in [-0.4, -0.2) is 23.1 Å². The molecule has 3 heteroatoms. The molecule has 1 fully saturated rings. The predicted molar refractivity (Wildman–Crippen MR) is 86.6 cm³/mol.